The van der Waals surface area contributed by atoms with Gasteiger partial charge in [0.15, 0.2) is 0 Å². The van der Waals surface area contributed by atoms with E-state index >= 15 is 0 Å². The Morgan fingerprint density at radius 1 is 1.28 bits per heavy atom. The maximum Gasteiger partial charge on any atom is 0.410 e. The Labute approximate surface area is 148 Å². The largest absolute Gasteiger partial charge is 0.445 e. The molecule has 136 valence electrons. The molecule has 0 aliphatic carbocycles. The molecule has 1 aliphatic rings. The third-order valence-corrected chi connectivity index (χ3v) is 3.83. The van der Waals surface area contributed by atoms with Crippen molar-refractivity contribution >= 4 is 12.2 Å². The van der Waals surface area contributed by atoms with Gasteiger partial charge in [-0.3, -0.25) is 0 Å². The van der Waals surface area contributed by atoms with Crippen LogP contribution in [0.15, 0.2) is 43.0 Å². The normalized spacial score (nSPS) is 20.0. The van der Waals surface area contributed by atoms with E-state index in [1.807, 2.05) is 30.3 Å². The van der Waals surface area contributed by atoms with Crippen LogP contribution in [-0.4, -0.2) is 41.8 Å². The average molecular weight is 346 g/mol. The van der Waals surface area contributed by atoms with Crippen molar-refractivity contribution in [3.8, 4) is 0 Å². The molecule has 6 heteroatoms. The Morgan fingerprint density at radius 3 is 2.56 bits per heavy atom. The lowest BCUT2D eigenvalue weighted by Gasteiger charge is -2.23. The second-order valence-corrected chi connectivity index (χ2v) is 7.10. The molecule has 0 spiro atoms. The lowest BCUT2D eigenvalue weighted by molar-refractivity contribution is 0.0497. The minimum atomic E-state index is -0.569. The summed E-state index contributed by atoms with van der Waals surface area (Å²) in [4.78, 5) is 25.8. The minimum Gasteiger partial charge on any atom is -0.445 e. The molecule has 0 radical (unpaired) electrons. The summed E-state index contributed by atoms with van der Waals surface area (Å²) >= 11 is 0. The predicted octanol–water partition coefficient (Wildman–Crippen LogP) is 3.33. The number of rotatable bonds is 4. The monoisotopic (exact) mass is 346 g/mol. The summed E-state index contributed by atoms with van der Waals surface area (Å²) < 4.78 is 10.6. The first-order chi connectivity index (χ1) is 11.8. The molecule has 0 saturated carbocycles. The molecule has 1 aliphatic heterocycles. The lowest BCUT2D eigenvalue weighted by atomic mass is 10.0. The Bertz CT molecular complexity index is 610. The van der Waals surface area contributed by atoms with Gasteiger partial charge in [-0.1, -0.05) is 36.4 Å². The predicted molar refractivity (Wildman–Crippen MR) is 95.0 cm³/mol. The molecule has 2 amide bonds. The molecule has 1 fully saturated rings. The zero-order chi connectivity index (χ0) is 18.4. The van der Waals surface area contributed by atoms with E-state index in [0.29, 0.717) is 13.1 Å². The molecule has 1 heterocycles. The molecular weight excluding hydrogens is 320 g/mol. The van der Waals surface area contributed by atoms with E-state index in [-0.39, 0.29) is 18.6 Å². The summed E-state index contributed by atoms with van der Waals surface area (Å²) in [5, 5.41) is 2.81. The maximum atomic E-state index is 12.3. The van der Waals surface area contributed by atoms with Gasteiger partial charge in [0.05, 0.1) is 6.04 Å². The number of carbonyl (C=O) groups excluding carboxylic acids is 2. The van der Waals surface area contributed by atoms with Gasteiger partial charge in [0.1, 0.15) is 12.2 Å². The maximum absolute atomic E-state index is 12.3. The van der Waals surface area contributed by atoms with Crippen LogP contribution < -0.4 is 5.32 Å². The topological polar surface area (TPSA) is 67.9 Å². The van der Waals surface area contributed by atoms with E-state index in [0.717, 1.165) is 5.56 Å². The van der Waals surface area contributed by atoms with Crippen molar-refractivity contribution in [2.24, 2.45) is 5.92 Å². The number of benzene rings is 1. The SMILES string of the molecule is C=C[C@@H]1CN(C(=O)OCc2ccccc2)C[C@H]1NC(=O)OC(C)(C)C. The second-order valence-electron chi connectivity index (χ2n) is 7.10. The fourth-order valence-corrected chi connectivity index (χ4v) is 2.64. The third kappa shape index (κ3) is 5.81. The highest BCUT2D eigenvalue weighted by molar-refractivity contribution is 5.70. The van der Waals surface area contributed by atoms with Crippen LogP contribution in [0.3, 0.4) is 0 Å². The van der Waals surface area contributed by atoms with Gasteiger partial charge in [-0.05, 0) is 26.3 Å². The molecule has 1 saturated heterocycles. The van der Waals surface area contributed by atoms with Crippen molar-refractivity contribution in [3.63, 3.8) is 0 Å². The highest BCUT2D eigenvalue weighted by Crippen LogP contribution is 2.20. The molecule has 0 bridgehead atoms. The number of ether oxygens (including phenoxy) is 2. The minimum absolute atomic E-state index is 0.0446. The van der Waals surface area contributed by atoms with E-state index in [2.05, 4.69) is 11.9 Å². The van der Waals surface area contributed by atoms with Gasteiger partial charge in [0.25, 0.3) is 0 Å². The molecule has 0 unspecified atom stereocenters. The number of nitrogens with one attached hydrogen (secondary N) is 1. The first kappa shape index (κ1) is 18.8. The highest BCUT2D eigenvalue weighted by atomic mass is 16.6. The summed E-state index contributed by atoms with van der Waals surface area (Å²) in [6, 6.07) is 9.26. The second kappa shape index (κ2) is 8.05. The summed E-state index contributed by atoms with van der Waals surface area (Å²) in [6.07, 6.45) is 0.847. The van der Waals surface area contributed by atoms with Gasteiger partial charge in [0, 0.05) is 19.0 Å². The van der Waals surface area contributed by atoms with Crippen molar-refractivity contribution in [3.05, 3.63) is 48.6 Å². The van der Waals surface area contributed by atoms with Crippen LogP contribution in [0.1, 0.15) is 26.3 Å². The van der Waals surface area contributed by atoms with Gasteiger partial charge >= 0.3 is 12.2 Å². The molecule has 1 aromatic carbocycles. The summed E-state index contributed by atoms with van der Waals surface area (Å²) in [7, 11) is 0. The van der Waals surface area contributed by atoms with Crippen LogP contribution in [-0.2, 0) is 16.1 Å². The van der Waals surface area contributed by atoms with Gasteiger partial charge in [-0.15, -0.1) is 6.58 Å². The fourth-order valence-electron chi connectivity index (χ4n) is 2.64. The smallest absolute Gasteiger partial charge is 0.410 e. The summed E-state index contributed by atoms with van der Waals surface area (Å²) in [5.74, 6) is -0.0446. The molecular formula is C19H26N2O4. The summed E-state index contributed by atoms with van der Waals surface area (Å²) in [6.45, 7) is 10.2. The lowest BCUT2D eigenvalue weighted by Crippen LogP contribution is -2.43. The highest BCUT2D eigenvalue weighted by Gasteiger charge is 2.36. The molecule has 1 N–H and O–H groups in total. The molecule has 0 aromatic heterocycles. The van der Waals surface area contributed by atoms with Crippen molar-refractivity contribution in [2.75, 3.05) is 13.1 Å². The fraction of sp³-hybridized carbons (Fsp3) is 0.474. The quantitative estimate of drug-likeness (QED) is 0.849. The average Bonchev–Trinajstić information content (AvgIpc) is 2.94. The zero-order valence-electron chi connectivity index (χ0n) is 15.0. The number of alkyl carbamates (subject to hydrolysis) is 1. The van der Waals surface area contributed by atoms with E-state index in [4.69, 9.17) is 9.47 Å². The number of amides is 2. The number of nitrogens with zero attached hydrogens (tertiary/aromatic N) is 1. The van der Waals surface area contributed by atoms with Crippen LogP contribution in [0.4, 0.5) is 9.59 Å². The molecule has 2 rings (SSSR count). The first-order valence-corrected chi connectivity index (χ1v) is 8.36. The van der Waals surface area contributed by atoms with Crippen molar-refractivity contribution < 1.29 is 19.1 Å². The van der Waals surface area contributed by atoms with E-state index in [1.165, 1.54) is 0 Å². The van der Waals surface area contributed by atoms with Gasteiger partial charge in [-0.25, -0.2) is 9.59 Å². The van der Waals surface area contributed by atoms with Gasteiger partial charge < -0.3 is 19.7 Å². The Kier molecular flexibility index (Phi) is 6.07. The standard InChI is InChI=1S/C19H26N2O4/c1-5-15-11-21(12-16(15)20-17(22)25-19(2,3)4)18(23)24-13-14-9-7-6-8-10-14/h5-10,15-16H,1,11-13H2,2-4H3,(H,20,22)/t15-,16-/m1/s1. The number of likely N-dealkylation sites (tertiary alicyclic amines) is 1. The van der Waals surface area contributed by atoms with Crippen molar-refractivity contribution in [2.45, 2.75) is 39.0 Å². The molecule has 6 nitrogen and oxygen atoms in total. The summed E-state index contributed by atoms with van der Waals surface area (Å²) in [5.41, 5.74) is 0.361. The molecule has 25 heavy (non-hydrogen) atoms. The Hall–Kier alpha value is -2.50. The number of carbonyl (C=O) groups is 2. The van der Waals surface area contributed by atoms with Crippen molar-refractivity contribution in [1.82, 2.24) is 10.2 Å². The van der Waals surface area contributed by atoms with Crippen LogP contribution in [0, 0.1) is 5.92 Å². The third-order valence-electron chi connectivity index (χ3n) is 3.83. The van der Waals surface area contributed by atoms with E-state index in [9.17, 15) is 9.59 Å². The van der Waals surface area contributed by atoms with Crippen molar-refractivity contribution in [1.29, 1.82) is 0 Å². The molecule has 1 aromatic rings. The van der Waals surface area contributed by atoms with E-state index < -0.39 is 17.8 Å². The number of hydrogen-bond acceptors (Lipinski definition) is 4. The first-order valence-electron chi connectivity index (χ1n) is 8.36. The zero-order valence-corrected chi connectivity index (χ0v) is 15.0. The Balaban J connectivity index is 1.88. The van der Waals surface area contributed by atoms with Crippen LogP contribution in [0.2, 0.25) is 0 Å². The Morgan fingerprint density at radius 2 is 1.96 bits per heavy atom. The van der Waals surface area contributed by atoms with Crippen LogP contribution >= 0.6 is 0 Å². The van der Waals surface area contributed by atoms with Crippen LogP contribution in [0.5, 0.6) is 0 Å². The molecule has 2 atom stereocenters. The van der Waals surface area contributed by atoms with Gasteiger partial charge in [0.2, 0.25) is 0 Å². The van der Waals surface area contributed by atoms with Gasteiger partial charge in [-0.2, -0.15) is 0 Å². The number of hydrogen-bond donors (Lipinski definition) is 1. The van der Waals surface area contributed by atoms with E-state index in [1.54, 1.807) is 31.7 Å². The van der Waals surface area contributed by atoms with Crippen LogP contribution in [0.25, 0.3) is 0 Å².